The highest BCUT2D eigenvalue weighted by atomic mass is 32.2. The van der Waals surface area contributed by atoms with E-state index in [9.17, 15) is 18.0 Å². The van der Waals surface area contributed by atoms with Gasteiger partial charge in [0.15, 0.2) is 0 Å². The van der Waals surface area contributed by atoms with E-state index in [1.54, 1.807) is 24.3 Å². The summed E-state index contributed by atoms with van der Waals surface area (Å²) in [7, 11) is 0. The van der Waals surface area contributed by atoms with Crippen LogP contribution < -0.4 is 5.73 Å². The Morgan fingerprint density at radius 3 is 2.48 bits per heavy atom. The summed E-state index contributed by atoms with van der Waals surface area (Å²) in [6.07, 6.45) is 1.89. The lowest BCUT2D eigenvalue weighted by molar-refractivity contribution is -0.0328. The number of aryl methyl sites for hydroxylation is 1. The summed E-state index contributed by atoms with van der Waals surface area (Å²) < 4.78 is 39.9. The summed E-state index contributed by atoms with van der Waals surface area (Å²) in [5.74, 6) is -0.510. The molecule has 0 saturated carbocycles. The van der Waals surface area contributed by atoms with Crippen LogP contribution >= 0.6 is 11.8 Å². The lowest BCUT2D eigenvalue weighted by Crippen LogP contribution is -2.11. The molecule has 1 aromatic heterocycles. The zero-order chi connectivity index (χ0) is 22.2. The molecule has 0 saturated heterocycles. The van der Waals surface area contributed by atoms with Crippen molar-refractivity contribution < 1.29 is 18.0 Å². The van der Waals surface area contributed by atoms with Gasteiger partial charge in [-0.25, -0.2) is 0 Å². The fraction of sp³-hybridized carbons (Fsp3) is 0.208. The van der Waals surface area contributed by atoms with E-state index in [-0.39, 0.29) is 16.7 Å². The summed E-state index contributed by atoms with van der Waals surface area (Å²) >= 11 is -0.128. The van der Waals surface area contributed by atoms with Crippen LogP contribution in [0.1, 0.15) is 34.8 Å². The van der Waals surface area contributed by atoms with Crippen LogP contribution in [0.5, 0.6) is 0 Å². The zero-order valence-electron chi connectivity index (χ0n) is 16.8. The average molecular weight is 441 g/mol. The quantitative estimate of drug-likeness (QED) is 0.357. The van der Waals surface area contributed by atoms with E-state index < -0.39 is 11.4 Å². The van der Waals surface area contributed by atoms with Crippen LogP contribution in [0.25, 0.3) is 21.8 Å². The monoisotopic (exact) mass is 441 g/mol. The number of primary amides is 1. The van der Waals surface area contributed by atoms with Gasteiger partial charge in [-0.15, -0.1) is 0 Å². The van der Waals surface area contributed by atoms with E-state index in [1.165, 1.54) is 12.1 Å². The number of carbonyl (C=O) groups excluding carboxylic acids is 1. The Kier molecular flexibility index (Phi) is 5.71. The van der Waals surface area contributed by atoms with Crippen LogP contribution in [-0.4, -0.2) is 16.0 Å². The maximum atomic E-state index is 12.6. The Bertz CT molecular complexity index is 1260. The highest BCUT2D eigenvalue weighted by Gasteiger charge is 2.29. The molecule has 1 amide bonds. The molecule has 0 unspecified atom stereocenters. The topological polar surface area (TPSA) is 48.0 Å². The number of thioether (sulfide) groups is 1. The van der Waals surface area contributed by atoms with Gasteiger partial charge in [0.25, 0.3) is 0 Å². The van der Waals surface area contributed by atoms with Crippen molar-refractivity contribution in [3.8, 4) is 0 Å². The molecule has 159 valence electrons. The molecule has 3 nitrogen and oxygen atoms in total. The number of halogens is 3. The van der Waals surface area contributed by atoms with Gasteiger partial charge in [-0.1, -0.05) is 37.6 Å². The molecule has 0 aliphatic heterocycles. The van der Waals surface area contributed by atoms with Crippen molar-refractivity contribution in [1.29, 1.82) is 0 Å². The Morgan fingerprint density at radius 2 is 1.84 bits per heavy atom. The first-order chi connectivity index (χ1) is 14.8. The van der Waals surface area contributed by atoms with Gasteiger partial charge in [0.1, 0.15) is 0 Å². The van der Waals surface area contributed by atoms with Crippen LogP contribution in [0, 0.1) is 6.07 Å². The Hall–Kier alpha value is -2.93. The third kappa shape index (κ3) is 4.42. The molecule has 0 atom stereocenters. The lowest BCUT2D eigenvalue weighted by Gasteiger charge is -2.10. The Labute approximate surface area is 182 Å². The summed E-state index contributed by atoms with van der Waals surface area (Å²) in [5, 5.41) is 1.56. The third-order valence-corrected chi connectivity index (χ3v) is 5.90. The van der Waals surface area contributed by atoms with E-state index in [0.29, 0.717) is 12.1 Å². The van der Waals surface area contributed by atoms with Crippen molar-refractivity contribution in [1.82, 2.24) is 4.57 Å². The summed E-state index contributed by atoms with van der Waals surface area (Å²) in [6, 6.07) is 19.1. The lowest BCUT2D eigenvalue weighted by atomic mass is 10.0. The minimum absolute atomic E-state index is 0.128. The van der Waals surface area contributed by atoms with Crippen LogP contribution in [-0.2, 0) is 13.0 Å². The van der Waals surface area contributed by atoms with Gasteiger partial charge in [0, 0.05) is 27.8 Å². The van der Waals surface area contributed by atoms with Crippen molar-refractivity contribution in [2.45, 2.75) is 36.7 Å². The highest BCUT2D eigenvalue weighted by molar-refractivity contribution is 8.00. The number of hydrogen-bond acceptors (Lipinski definition) is 2. The molecule has 0 aliphatic carbocycles. The van der Waals surface area contributed by atoms with Crippen LogP contribution in [0.4, 0.5) is 13.2 Å². The molecule has 3 aromatic carbocycles. The first kappa shape index (κ1) is 21.3. The molecule has 4 aromatic rings. The molecule has 2 N–H and O–H groups in total. The minimum atomic E-state index is -4.31. The first-order valence-corrected chi connectivity index (χ1v) is 10.7. The fourth-order valence-corrected chi connectivity index (χ4v) is 4.43. The number of alkyl halides is 3. The molecule has 0 spiro atoms. The molecule has 4 rings (SSSR count). The zero-order valence-corrected chi connectivity index (χ0v) is 17.6. The second-order valence-corrected chi connectivity index (χ2v) is 8.50. The Morgan fingerprint density at radius 1 is 1.10 bits per heavy atom. The summed E-state index contributed by atoms with van der Waals surface area (Å²) in [4.78, 5) is 12.2. The number of amides is 1. The maximum absolute atomic E-state index is 12.6. The number of rotatable bonds is 6. The molecule has 31 heavy (non-hydrogen) atoms. The minimum Gasteiger partial charge on any atom is -0.366 e. The van der Waals surface area contributed by atoms with Crippen molar-refractivity contribution in [3.05, 3.63) is 77.4 Å². The second-order valence-electron chi connectivity index (χ2n) is 7.36. The SMILES string of the molecule is CCCc1c[c]c2c3c(C(N)=O)cccc3n(Cc3ccc(SC(F)(F)F)cc3)c2c1. The third-order valence-electron chi connectivity index (χ3n) is 5.16. The van der Waals surface area contributed by atoms with Gasteiger partial charge in [-0.3, -0.25) is 4.79 Å². The van der Waals surface area contributed by atoms with Gasteiger partial charge in [0.2, 0.25) is 5.91 Å². The number of carbonyl (C=O) groups is 1. The van der Waals surface area contributed by atoms with Crippen molar-refractivity contribution in [2.75, 3.05) is 0 Å². The number of aromatic nitrogens is 1. The van der Waals surface area contributed by atoms with Crippen LogP contribution in [0.3, 0.4) is 0 Å². The van der Waals surface area contributed by atoms with E-state index in [2.05, 4.69) is 23.6 Å². The largest absolute Gasteiger partial charge is 0.446 e. The average Bonchev–Trinajstić information content (AvgIpc) is 3.02. The maximum Gasteiger partial charge on any atom is 0.446 e. The van der Waals surface area contributed by atoms with Gasteiger partial charge < -0.3 is 10.3 Å². The van der Waals surface area contributed by atoms with Crippen molar-refractivity contribution >= 4 is 39.5 Å². The second kappa shape index (κ2) is 8.30. The van der Waals surface area contributed by atoms with Crippen LogP contribution in [0.2, 0.25) is 0 Å². The van der Waals surface area contributed by atoms with Gasteiger partial charge in [-0.05, 0) is 65.7 Å². The molecule has 1 radical (unpaired) electrons. The van der Waals surface area contributed by atoms with Gasteiger partial charge >= 0.3 is 5.51 Å². The molecule has 0 bridgehead atoms. The molecule has 1 heterocycles. The molecular weight excluding hydrogens is 421 g/mol. The van der Waals surface area contributed by atoms with E-state index in [4.69, 9.17) is 5.73 Å². The molecule has 0 fully saturated rings. The first-order valence-electron chi connectivity index (χ1n) is 9.87. The van der Waals surface area contributed by atoms with E-state index >= 15 is 0 Å². The number of benzene rings is 3. The van der Waals surface area contributed by atoms with Crippen LogP contribution in [0.15, 0.2) is 59.5 Å². The standard InChI is InChI=1S/C24H20F3N2OS/c1-2-4-15-9-12-18-21(13-15)29(20-6-3-5-19(22(18)20)23(28)30)14-16-7-10-17(11-8-16)31-24(25,26)27/h3,5-11,13H,2,4,14H2,1H3,(H2,28,30). The highest BCUT2D eigenvalue weighted by Crippen LogP contribution is 2.37. The fourth-order valence-electron chi connectivity index (χ4n) is 3.89. The number of nitrogens with zero attached hydrogens (tertiary/aromatic N) is 1. The normalized spacial score (nSPS) is 12.0. The number of nitrogens with two attached hydrogens (primary N) is 1. The number of fused-ring (bicyclic) bond motifs is 3. The molecule has 7 heteroatoms. The summed E-state index contributed by atoms with van der Waals surface area (Å²) in [6.45, 7) is 2.55. The predicted octanol–water partition coefficient (Wildman–Crippen LogP) is 6.31. The number of hydrogen-bond donors (Lipinski definition) is 1. The molecular formula is C24H20F3N2OS. The smallest absolute Gasteiger partial charge is 0.366 e. The van der Waals surface area contributed by atoms with Gasteiger partial charge in [0.05, 0.1) is 11.0 Å². The molecule has 0 aliphatic rings. The van der Waals surface area contributed by atoms with Crippen molar-refractivity contribution in [2.24, 2.45) is 5.73 Å². The van der Waals surface area contributed by atoms with E-state index in [1.807, 2.05) is 12.1 Å². The van der Waals surface area contributed by atoms with Crippen molar-refractivity contribution in [3.63, 3.8) is 0 Å². The summed E-state index contributed by atoms with van der Waals surface area (Å²) in [5.41, 5.74) is 5.49. The van der Waals surface area contributed by atoms with Gasteiger partial charge in [-0.2, -0.15) is 13.2 Å². The predicted molar refractivity (Wildman–Crippen MR) is 118 cm³/mol. The van der Waals surface area contributed by atoms with E-state index in [0.717, 1.165) is 45.8 Å². The Balaban J connectivity index is 1.84.